The quantitative estimate of drug-likeness (QED) is 0.920. The van der Waals surface area contributed by atoms with Crippen molar-refractivity contribution in [1.29, 1.82) is 0 Å². The van der Waals surface area contributed by atoms with Gasteiger partial charge < -0.3 is 15.2 Å². The molecule has 0 fully saturated rings. The number of benzene rings is 1. The van der Waals surface area contributed by atoms with Crippen LogP contribution in [0.2, 0.25) is 0 Å². The summed E-state index contributed by atoms with van der Waals surface area (Å²) in [6.45, 7) is 0.911. The smallest absolute Gasteiger partial charge is 0.374 e. The lowest BCUT2D eigenvalue weighted by Gasteiger charge is -2.13. The summed E-state index contributed by atoms with van der Waals surface area (Å²) in [5, 5.41) is 3.33. The van der Waals surface area contributed by atoms with E-state index >= 15 is 0 Å². The summed E-state index contributed by atoms with van der Waals surface area (Å²) in [5.41, 5.74) is 8.82. The van der Waals surface area contributed by atoms with Crippen molar-refractivity contribution in [3.63, 3.8) is 0 Å². The maximum atomic E-state index is 12.4. The molecule has 3 rings (SSSR count). The number of hydrogen-bond donors (Lipinski definition) is 1. The van der Waals surface area contributed by atoms with Gasteiger partial charge in [-0.05, 0) is 23.6 Å². The predicted octanol–water partition coefficient (Wildman–Crippen LogP) is 2.13. The Morgan fingerprint density at radius 1 is 1.38 bits per heavy atom. The molecule has 0 radical (unpaired) electrons. The number of aromatic nitrogens is 2. The van der Waals surface area contributed by atoms with E-state index in [0.717, 1.165) is 24.2 Å². The minimum atomic E-state index is -4.66. The summed E-state index contributed by atoms with van der Waals surface area (Å²) < 4.78 is 41.5. The summed E-state index contributed by atoms with van der Waals surface area (Å²) in [4.78, 5) is 5.44. The molecule has 112 valence electrons. The second kappa shape index (κ2) is 4.73. The highest BCUT2D eigenvalue weighted by Crippen LogP contribution is 2.31. The molecule has 1 aliphatic heterocycles. The van der Waals surface area contributed by atoms with Crippen LogP contribution in [0.4, 0.5) is 18.9 Å². The van der Waals surface area contributed by atoms with Gasteiger partial charge in [-0.2, -0.15) is 18.2 Å². The van der Waals surface area contributed by atoms with E-state index in [2.05, 4.69) is 19.6 Å². The van der Waals surface area contributed by atoms with E-state index in [1.165, 1.54) is 0 Å². The topological polar surface area (TPSA) is 68.2 Å². The fraction of sp³-hybridized carbons (Fsp3) is 0.385. The molecule has 1 aromatic heterocycles. The molecule has 1 aromatic carbocycles. The fourth-order valence-corrected chi connectivity index (χ4v) is 2.41. The third-order valence-corrected chi connectivity index (χ3v) is 3.55. The number of halogens is 3. The molecule has 5 nitrogen and oxygen atoms in total. The molecule has 0 bridgehead atoms. The van der Waals surface area contributed by atoms with Gasteiger partial charge in [0.25, 0.3) is 0 Å². The normalized spacial score (nSPS) is 16.1. The van der Waals surface area contributed by atoms with Crippen LogP contribution in [-0.4, -0.2) is 23.7 Å². The molecule has 2 heterocycles. The standard InChI is InChI=1S/C13H13F3N4O/c1-20-5-4-7-6-8(2-3-9(7)20)10(17)11-18-12(21-19-11)13(14,15)16/h2-3,6,10H,4-5,17H2,1H3. The van der Waals surface area contributed by atoms with Crippen LogP contribution in [0, 0.1) is 0 Å². The van der Waals surface area contributed by atoms with E-state index in [9.17, 15) is 13.2 Å². The van der Waals surface area contributed by atoms with Crippen molar-refractivity contribution in [2.24, 2.45) is 5.73 Å². The van der Waals surface area contributed by atoms with E-state index < -0.39 is 18.1 Å². The van der Waals surface area contributed by atoms with Crippen molar-refractivity contribution >= 4 is 5.69 Å². The molecular formula is C13H13F3N4O. The number of nitrogens with zero attached hydrogens (tertiary/aromatic N) is 3. The van der Waals surface area contributed by atoms with Crippen LogP contribution >= 0.6 is 0 Å². The molecule has 0 saturated carbocycles. The summed E-state index contributed by atoms with van der Waals surface area (Å²) in [6, 6.07) is 4.71. The van der Waals surface area contributed by atoms with Gasteiger partial charge in [0, 0.05) is 19.3 Å². The molecule has 1 aliphatic rings. The molecule has 1 atom stereocenters. The molecule has 0 spiro atoms. The van der Waals surface area contributed by atoms with Crippen molar-refractivity contribution in [2.45, 2.75) is 18.6 Å². The van der Waals surface area contributed by atoms with Gasteiger partial charge in [-0.1, -0.05) is 17.3 Å². The molecule has 21 heavy (non-hydrogen) atoms. The molecule has 1 unspecified atom stereocenters. The first-order valence-corrected chi connectivity index (χ1v) is 6.36. The number of likely N-dealkylation sites (N-methyl/N-ethyl adjacent to an activating group) is 1. The maximum Gasteiger partial charge on any atom is 0.471 e. The minimum absolute atomic E-state index is 0.173. The van der Waals surface area contributed by atoms with Gasteiger partial charge in [0.2, 0.25) is 0 Å². The highest BCUT2D eigenvalue weighted by atomic mass is 19.4. The zero-order valence-electron chi connectivity index (χ0n) is 11.2. The lowest BCUT2D eigenvalue weighted by molar-refractivity contribution is -0.159. The van der Waals surface area contributed by atoms with Gasteiger partial charge in [0.05, 0.1) is 6.04 Å². The van der Waals surface area contributed by atoms with Gasteiger partial charge in [-0.15, -0.1) is 0 Å². The Bertz CT molecular complexity index is 668. The molecule has 0 amide bonds. The Hall–Kier alpha value is -2.09. The van der Waals surface area contributed by atoms with Crippen LogP contribution in [0.1, 0.15) is 28.9 Å². The second-order valence-corrected chi connectivity index (χ2v) is 4.99. The predicted molar refractivity (Wildman–Crippen MR) is 68.7 cm³/mol. The van der Waals surface area contributed by atoms with Crippen molar-refractivity contribution in [3.05, 3.63) is 41.0 Å². The van der Waals surface area contributed by atoms with Gasteiger partial charge in [0.15, 0.2) is 5.82 Å². The Kier molecular flexibility index (Phi) is 3.12. The van der Waals surface area contributed by atoms with E-state index in [1.54, 1.807) is 6.07 Å². The largest absolute Gasteiger partial charge is 0.471 e. The van der Waals surface area contributed by atoms with Gasteiger partial charge in [-0.3, -0.25) is 0 Å². The molecule has 2 aromatic rings. The van der Waals surface area contributed by atoms with Gasteiger partial charge in [0.1, 0.15) is 0 Å². The molecule has 8 heteroatoms. The fourth-order valence-electron chi connectivity index (χ4n) is 2.41. The second-order valence-electron chi connectivity index (χ2n) is 4.99. The van der Waals surface area contributed by atoms with Crippen LogP contribution < -0.4 is 10.6 Å². The SMILES string of the molecule is CN1CCc2cc(C(N)c3noc(C(F)(F)F)n3)ccc21. The third-order valence-electron chi connectivity index (χ3n) is 3.55. The monoisotopic (exact) mass is 298 g/mol. The minimum Gasteiger partial charge on any atom is -0.374 e. The van der Waals surface area contributed by atoms with Crippen molar-refractivity contribution < 1.29 is 17.7 Å². The van der Waals surface area contributed by atoms with Crippen molar-refractivity contribution in [2.75, 3.05) is 18.5 Å². The first-order valence-electron chi connectivity index (χ1n) is 6.36. The van der Waals surface area contributed by atoms with E-state index in [-0.39, 0.29) is 5.82 Å². The summed E-state index contributed by atoms with van der Waals surface area (Å²) in [5.74, 6) is -1.55. The van der Waals surface area contributed by atoms with Crippen molar-refractivity contribution in [1.82, 2.24) is 10.1 Å². The van der Waals surface area contributed by atoms with E-state index in [1.807, 2.05) is 19.2 Å². The Morgan fingerprint density at radius 2 is 2.14 bits per heavy atom. The highest BCUT2D eigenvalue weighted by Gasteiger charge is 2.39. The van der Waals surface area contributed by atoms with Crippen LogP contribution in [0.3, 0.4) is 0 Å². The van der Waals surface area contributed by atoms with Crippen LogP contribution in [0.25, 0.3) is 0 Å². The molecule has 0 aliphatic carbocycles. The van der Waals surface area contributed by atoms with Gasteiger partial charge in [-0.25, -0.2) is 0 Å². The van der Waals surface area contributed by atoms with Crippen LogP contribution in [0.15, 0.2) is 22.7 Å². The third kappa shape index (κ3) is 2.46. The number of anilines is 1. The lowest BCUT2D eigenvalue weighted by atomic mass is 10.0. The maximum absolute atomic E-state index is 12.4. The van der Waals surface area contributed by atoms with Gasteiger partial charge >= 0.3 is 12.1 Å². The number of hydrogen-bond acceptors (Lipinski definition) is 5. The Balaban J connectivity index is 1.89. The summed E-state index contributed by atoms with van der Waals surface area (Å²) in [6.07, 6.45) is -3.78. The van der Waals surface area contributed by atoms with E-state index in [0.29, 0.717) is 5.56 Å². The summed E-state index contributed by atoms with van der Waals surface area (Å²) in [7, 11) is 1.99. The Morgan fingerprint density at radius 3 is 2.81 bits per heavy atom. The summed E-state index contributed by atoms with van der Waals surface area (Å²) >= 11 is 0. The number of alkyl halides is 3. The number of fused-ring (bicyclic) bond motifs is 1. The zero-order valence-corrected chi connectivity index (χ0v) is 11.2. The number of nitrogens with two attached hydrogens (primary N) is 1. The van der Waals surface area contributed by atoms with Crippen LogP contribution in [-0.2, 0) is 12.6 Å². The zero-order chi connectivity index (χ0) is 15.2. The molecule has 2 N–H and O–H groups in total. The average Bonchev–Trinajstić information content (AvgIpc) is 3.05. The van der Waals surface area contributed by atoms with Crippen molar-refractivity contribution in [3.8, 4) is 0 Å². The number of rotatable bonds is 2. The van der Waals surface area contributed by atoms with E-state index in [4.69, 9.17) is 5.73 Å². The first kappa shape index (κ1) is 13.9. The van der Waals surface area contributed by atoms with Crippen LogP contribution in [0.5, 0.6) is 0 Å². The Labute approximate surface area is 118 Å². The molecular weight excluding hydrogens is 285 g/mol. The highest BCUT2D eigenvalue weighted by molar-refractivity contribution is 5.59. The average molecular weight is 298 g/mol. The first-order chi connectivity index (χ1) is 9.86. The molecule has 0 saturated heterocycles. The lowest BCUT2D eigenvalue weighted by Crippen LogP contribution is -2.15.